The minimum Gasteiger partial charge on any atom is -0.291 e. The molecule has 0 aliphatic heterocycles. The lowest BCUT2D eigenvalue weighted by Gasteiger charge is -2.00. The van der Waals surface area contributed by atoms with Gasteiger partial charge in [0, 0.05) is 17.9 Å². The molecular formula is C12H8ClF2NOS. The lowest BCUT2D eigenvalue weighted by atomic mass is 10.1. The molecule has 1 aromatic carbocycles. The number of carbonyl (C=O) groups is 1. The Bertz CT molecular complexity index is 585. The van der Waals surface area contributed by atoms with Crippen LogP contribution in [0.2, 0.25) is 0 Å². The molecule has 2 nitrogen and oxygen atoms in total. The van der Waals surface area contributed by atoms with Gasteiger partial charge in [-0.25, -0.2) is 13.8 Å². The first-order chi connectivity index (χ1) is 8.60. The molecule has 0 amide bonds. The number of halogens is 3. The number of rotatable bonds is 4. The number of aromatic nitrogens is 1. The number of ketones is 1. The third-order valence-electron chi connectivity index (χ3n) is 2.32. The van der Waals surface area contributed by atoms with Crippen molar-refractivity contribution in [1.82, 2.24) is 4.98 Å². The third-order valence-corrected chi connectivity index (χ3v) is 3.41. The number of alkyl halides is 1. The smallest absolute Gasteiger partial charge is 0.196 e. The van der Waals surface area contributed by atoms with Crippen molar-refractivity contribution in [1.29, 1.82) is 0 Å². The molecule has 94 valence electrons. The molecule has 0 aliphatic rings. The van der Waals surface area contributed by atoms with Crippen LogP contribution in [-0.4, -0.2) is 16.6 Å². The van der Waals surface area contributed by atoms with E-state index >= 15 is 0 Å². The second kappa shape index (κ2) is 5.54. The molecular weight excluding hydrogens is 280 g/mol. The number of hydrogen-bond donors (Lipinski definition) is 0. The van der Waals surface area contributed by atoms with Gasteiger partial charge in [-0.15, -0.1) is 22.9 Å². The zero-order chi connectivity index (χ0) is 13.1. The van der Waals surface area contributed by atoms with Crippen molar-refractivity contribution < 1.29 is 13.6 Å². The molecule has 0 fully saturated rings. The van der Waals surface area contributed by atoms with E-state index < -0.39 is 11.6 Å². The van der Waals surface area contributed by atoms with Gasteiger partial charge >= 0.3 is 0 Å². The van der Waals surface area contributed by atoms with Gasteiger partial charge in [-0.1, -0.05) is 6.07 Å². The first-order valence-corrected chi connectivity index (χ1v) is 6.49. The van der Waals surface area contributed by atoms with E-state index in [1.807, 2.05) is 0 Å². The van der Waals surface area contributed by atoms with E-state index in [1.54, 1.807) is 5.38 Å². The molecule has 0 unspecified atom stereocenters. The van der Waals surface area contributed by atoms with Crippen LogP contribution in [0.3, 0.4) is 0 Å². The highest BCUT2D eigenvalue weighted by Crippen LogP contribution is 2.18. The molecule has 0 atom stereocenters. The number of Topliss-reactive ketones (excluding diaryl/α,β-unsaturated/α-hetero) is 1. The fourth-order valence-corrected chi connectivity index (χ4v) is 2.38. The van der Waals surface area contributed by atoms with E-state index in [2.05, 4.69) is 4.98 Å². The second-order valence-corrected chi connectivity index (χ2v) is 4.81. The van der Waals surface area contributed by atoms with Crippen LogP contribution in [0.15, 0.2) is 23.6 Å². The van der Waals surface area contributed by atoms with Gasteiger partial charge in [0.2, 0.25) is 0 Å². The Labute approximate surface area is 111 Å². The van der Waals surface area contributed by atoms with Crippen LogP contribution in [0.5, 0.6) is 0 Å². The molecule has 0 saturated heterocycles. The topological polar surface area (TPSA) is 30.0 Å². The Balaban J connectivity index is 2.18. The molecule has 0 saturated carbocycles. The first-order valence-electron chi connectivity index (χ1n) is 5.07. The highest BCUT2D eigenvalue weighted by Gasteiger charge is 2.11. The average molecular weight is 288 g/mol. The predicted molar refractivity (Wildman–Crippen MR) is 66.3 cm³/mol. The van der Waals surface area contributed by atoms with Crippen LogP contribution in [0.25, 0.3) is 0 Å². The van der Waals surface area contributed by atoms with Crippen LogP contribution in [0, 0.1) is 11.6 Å². The summed E-state index contributed by atoms with van der Waals surface area (Å²) in [6.07, 6.45) is 0.229. The van der Waals surface area contributed by atoms with Crippen LogP contribution >= 0.6 is 22.9 Å². The molecule has 18 heavy (non-hydrogen) atoms. The van der Waals surface area contributed by atoms with E-state index in [9.17, 15) is 13.6 Å². The molecule has 0 radical (unpaired) electrons. The zero-order valence-electron chi connectivity index (χ0n) is 9.12. The van der Waals surface area contributed by atoms with Gasteiger partial charge in [0.05, 0.1) is 10.9 Å². The molecule has 1 heterocycles. The largest absolute Gasteiger partial charge is 0.291 e. The standard InChI is InChI=1S/C12H8ClF2NOS/c13-5-11(17)10-6-18-12(16-10)3-7-1-2-8(14)4-9(7)15/h1-2,4,6H,3,5H2. The zero-order valence-corrected chi connectivity index (χ0v) is 10.7. The molecule has 0 aliphatic carbocycles. The SMILES string of the molecule is O=C(CCl)c1csc(Cc2ccc(F)cc2F)n1. The number of hydrogen-bond acceptors (Lipinski definition) is 3. The Morgan fingerprint density at radius 3 is 2.83 bits per heavy atom. The summed E-state index contributed by atoms with van der Waals surface area (Å²) in [5, 5.41) is 2.18. The summed E-state index contributed by atoms with van der Waals surface area (Å²) in [6.45, 7) is 0. The van der Waals surface area contributed by atoms with Crippen molar-refractivity contribution in [3.8, 4) is 0 Å². The van der Waals surface area contributed by atoms with Gasteiger partial charge in [0.15, 0.2) is 5.78 Å². The third kappa shape index (κ3) is 2.91. The molecule has 0 N–H and O–H groups in total. The molecule has 0 spiro atoms. The van der Waals surface area contributed by atoms with E-state index in [0.29, 0.717) is 10.6 Å². The monoisotopic (exact) mass is 287 g/mol. The minimum absolute atomic E-state index is 0.131. The molecule has 2 aromatic rings. The fourth-order valence-electron chi connectivity index (χ4n) is 1.42. The molecule has 0 bridgehead atoms. The average Bonchev–Trinajstić information content (AvgIpc) is 2.80. The highest BCUT2D eigenvalue weighted by molar-refractivity contribution is 7.09. The summed E-state index contributed by atoms with van der Waals surface area (Å²) in [6, 6.07) is 3.39. The predicted octanol–water partition coefficient (Wildman–Crippen LogP) is 3.43. The normalized spacial score (nSPS) is 10.6. The summed E-state index contributed by atoms with van der Waals surface area (Å²) >= 11 is 6.66. The van der Waals surface area contributed by atoms with E-state index in [-0.39, 0.29) is 23.8 Å². The first kappa shape index (κ1) is 13.1. The van der Waals surface area contributed by atoms with Crippen molar-refractivity contribution in [2.75, 3.05) is 5.88 Å². The van der Waals surface area contributed by atoms with Gasteiger partial charge in [-0.05, 0) is 11.6 Å². The van der Waals surface area contributed by atoms with Crippen molar-refractivity contribution in [3.63, 3.8) is 0 Å². The maximum atomic E-state index is 13.4. The number of benzene rings is 1. The van der Waals surface area contributed by atoms with Crippen molar-refractivity contribution in [3.05, 3.63) is 51.5 Å². The minimum atomic E-state index is -0.617. The summed E-state index contributed by atoms with van der Waals surface area (Å²) in [5.74, 6) is -1.63. The van der Waals surface area contributed by atoms with E-state index in [4.69, 9.17) is 11.6 Å². The molecule has 6 heteroatoms. The summed E-state index contributed by atoms with van der Waals surface area (Å²) in [4.78, 5) is 15.3. The Hall–Kier alpha value is -1.33. The van der Waals surface area contributed by atoms with Crippen molar-refractivity contribution >= 4 is 28.7 Å². The van der Waals surface area contributed by atoms with Gasteiger partial charge in [-0.3, -0.25) is 4.79 Å². The lowest BCUT2D eigenvalue weighted by Crippen LogP contribution is -2.01. The van der Waals surface area contributed by atoms with Crippen LogP contribution in [0.1, 0.15) is 21.1 Å². The lowest BCUT2D eigenvalue weighted by molar-refractivity contribution is 0.101. The maximum Gasteiger partial charge on any atom is 0.196 e. The number of nitrogens with zero attached hydrogens (tertiary/aromatic N) is 1. The second-order valence-electron chi connectivity index (χ2n) is 3.60. The molecule has 2 rings (SSSR count). The summed E-state index contributed by atoms with van der Waals surface area (Å²) in [5.41, 5.74) is 0.628. The van der Waals surface area contributed by atoms with Crippen molar-refractivity contribution in [2.24, 2.45) is 0 Å². The van der Waals surface area contributed by atoms with Crippen LogP contribution in [0.4, 0.5) is 8.78 Å². The number of carbonyl (C=O) groups excluding carboxylic acids is 1. The summed E-state index contributed by atoms with van der Waals surface area (Å²) < 4.78 is 26.1. The van der Waals surface area contributed by atoms with E-state index in [0.717, 1.165) is 6.07 Å². The van der Waals surface area contributed by atoms with Crippen LogP contribution < -0.4 is 0 Å². The Morgan fingerprint density at radius 1 is 1.39 bits per heavy atom. The number of thiazole rings is 1. The van der Waals surface area contributed by atoms with E-state index in [1.165, 1.54) is 23.5 Å². The van der Waals surface area contributed by atoms with Gasteiger partial charge in [0.25, 0.3) is 0 Å². The van der Waals surface area contributed by atoms with Gasteiger partial charge in [-0.2, -0.15) is 0 Å². The summed E-state index contributed by atoms with van der Waals surface area (Å²) in [7, 11) is 0. The Kier molecular flexibility index (Phi) is 4.04. The maximum absolute atomic E-state index is 13.4. The quantitative estimate of drug-likeness (QED) is 0.637. The van der Waals surface area contributed by atoms with Gasteiger partial charge in [0.1, 0.15) is 17.3 Å². The van der Waals surface area contributed by atoms with Crippen LogP contribution in [-0.2, 0) is 6.42 Å². The van der Waals surface area contributed by atoms with Gasteiger partial charge < -0.3 is 0 Å². The Morgan fingerprint density at radius 2 is 2.17 bits per heavy atom. The fraction of sp³-hybridized carbons (Fsp3) is 0.167. The van der Waals surface area contributed by atoms with Crippen molar-refractivity contribution in [2.45, 2.75) is 6.42 Å². The highest BCUT2D eigenvalue weighted by atomic mass is 35.5. The molecule has 1 aromatic heterocycles.